The molecule has 7 nitrogen and oxygen atoms in total. The Kier molecular flexibility index (Phi) is 11.9. The Bertz CT molecular complexity index is 1480. The molecule has 3 rings (SSSR count). The van der Waals surface area contributed by atoms with Crippen LogP contribution in [0.25, 0.3) is 11.1 Å². The lowest BCUT2D eigenvalue weighted by atomic mass is 9.93. The molecule has 42 heavy (non-hydrogen) atoms. The van der Waals surface area contributed by atoms with Crippen molar-refractivity contribution in [3.05, 3.63) is 94.5 Å². The molecule has 0 aliphatic heterocycles. The van der Waals surface area contributed by atoms with Gasteiger partial charge in [-0.3, -0.25) is 4.79 Å². The number of unbranched alkanes of at least 4 members (excludes halogenated alkanes) is 1. The van der Waals surface area contributed by atoms with Gasteiger partial charge in [-0.2, -0.15) is 0 Å². The van der Waals surface area contributed by atoms with Gasteiger partial charge in [0.05, 0.1) is 18.5 Å². The van der Waals surface area contributed by atoms with Gasteiger partial charge >= 0.3 is 5.97 Å². The molecule has 0 bridgehead atoms. The van der Waals surface area contributed by atoms with Crippen LogP contribution in [-0.4, -0.2) is 43.5 Å². The Balaban J connectivity index is 1.92. The first-order chi connectivity index (χ1) is 19.9. The van der Waals surface area contributed by atoms with E-state index >= 15 is 0 Å². The minimum atomic E-state index is -3.39. The zero-order valence-corrected chi connectivity index (χ0v) is 26.0. The summed E-state index contributed by atoms with van der Waals surface area (Å²) in [5.74, 6) is -1.79. The van der Waals surface area contributed by atoms with E-state index in [1.54, 1.807) is 6.07 Å². The first kappa shape index (κ1) is 33.0. The summed E-state index contributed by atoms with van der Waals surface area (Å²) >= 11 is 0. The number of carbonyl (C=O) groups excluding carboxylic acids is 1. The van der Waals surface area contributed by atoms with Crippen molar-refractivity contribution in [2.24, 2.45) is 0 Å². The molecule has 0 saturated heterocycles. The molecule has 226 valence electrons. The minimum absolute atomic E-state index is 0.0697. The fraction of sp³-hybridized carbons (Fsp3) is 0.412. The first-order valence-electron chi connectivity index (χ1n) is 14.5. The SMILES string of the molecule is CCCC[C@H](OCc1ccc(C(=O)N[C@@H](CCS(C)(=O)=O)C(=O)O)c(-c2ccccc2C)c1)c1cccc(C(C)C)c1. The number of aryl methyl sites for hydroxylation is 1. The highest BCUT2D eigenvalue weighted by Crippen LogP contribution is 2.31. The molecule has 3 aromatic rings. The molecule has 8 heteroatoms. The lowest BCUT2D eigenvalue weighted by Gasteiger charge is -2.21. The number of carboxylic acid groups (broad SMARTS) is 1. The van der Waals surface area contributed by atoms with Crippen LogP contribution in [0, 0.1) is 6.92 Å². The number of carboxylic acids is 1. The number of amides is 1. The van der Waals surface area contributed by atoms with E-state index in [0.717, 1.165) is 47.8 Å². The van der Waals surface area contributed by atoms with Gasteiger partial charge in [0.2, 0.25) is 0 Å². The Morgan fingerprint density at radius 1 is 0.929 bits per heavy atom. The molecule has 0 aliphatic rings. The normalized spacial score (nSPS) is 13.1. The third-order valence-corrected chi connectivity index (χ3v) is 8.34. The summed E-state index contributed by atoms with van der Waals surface area (Å²) in [5.41, 5.74) is 6.09. The van der Waals surface area contributed by atoms with Gasteiger partial charge in [-0.05, 0) is 71.2 Å². The van der Waals surface area contributed by atoms with E-state index in [0.29, 0.717) is 23.7 Å². The fourth-order valence-corrected chi connectivity index (χ4v) is 5.52. The second-order valence-corrected chi connectivity index (χ2v) is 13.5. The summed E-state index contributed by atoms with van der Waals surface area (Å²) < 4.78 is 29.7. The lowest BCUT2D eigenvalue weighted by molar-refractivity contribution is -0.139. The van der Waals surface area contributed by atoms with Crippen LogP contribution < -0.4 is 5.32 Å². The highest BCUT2D eigenvalue weighted by Gasteiger charge is 2.24. The van der Waals surface area contributed by atoms with Crippen molar-refractivity contribution in [3.8, 4) is 11.1 Å². The quantitative estimate of drug-likeness (QED) is 0.199. The maximum Gasteiger partial charge on any atom is 0.326 e. The van der Waals surface area contributed by atoms with Crippen LogP contribution in [-0.2, 0) is 26.0 Å². The third kappa shape index (κ3) is 9.53. The van der Waals surface area contributed by atoms with Gasteiger partial charge in [0, 0.05) is 11.8 Å². The number of aliphatic carboxylic acids is 1. The van der Waals surface area contributed by atoms with Crippen LogP contribution in [0.2, 0.25) is 0 Å². The number of rotatable bonds is 15. The van der Waals surface area contributed by atoms with Gasteiger partial charge in [0.15, 0.2) is 0 Å². The summed E-state index contributed by atoms with van der Waals surface area (Å²) in [6.07, 6.45) is 3.75. The topological polar surface area (TPSA) is 110 Å². The van der Waals surface area contributed by atoms with Gasteiger partial charge in [-0.15, -0.1) is 0 Å². The Hall–Kier alpha value is -3.49. The lowest BCUT2D eigenvalue weighted by Crippen LogP contribution is -2.42. The molecule has 0 fully saturated rings. The number of nitrogens with one attached hydrogen (secondary N) is 1. The predicted molar refractivity (Wildman–Crippen MR) is 167 cm³/mol. The van der Waals surface area contributed by atoms with Crippen LogP contribution >= 0.6 is 0 Å². The maximum absolute atomic E-state index is 13.4. The second kappa shape index (κ2) is 15.1. The Labute approximate surface area is 250 Å². The molecule has 1 amide bonds. The largest absolute Gasteiger partial charge is 0.480 e. The summed E-state index contributed by atoms with van der Waals surface area (Å²) in [6.45, 7) is 8.81. The van der Waals surface area contributed by atoms with E-state index in [9.17, 15) is 23.1 Å². The molecule has 2 N–H and O–H groups in total. The Morgan fingerprint density at radius 3 is 2.29 bits per heavy atom. The zero-order chi connectivity index (χ0) is 30.9. The average Bonchev–Trinajstić information content (AvgIpc) is 2.94. The van der Waals surface area contributed by atoms with Crippen molar-refractivity contribution in [1.29, 1.82) is 0 Å². The minimum Gasteiger partial charge on any atom is -0.480 e. The number of benzene rings is 3. The van der Waals surface area contributed by atoms with Crippen LogP contribution in [0.5, 0.6) is 0 Å². The van der Waals surface area contributed by atoms with E-state index in [1.165, 1.54) is 5.56 Å². The van der Waals surface area contributed by atoms with Gasteiger partial charge in [-0.1, -0.05) is 88.2 Å². The number of hydrogen-bond acceptors (Lipinski definition) is 5. The van der Waals surface area contributed by atoms with Gasteiger partial charge in [-0.25, -0.2) is 13.2 Å². The number of ether oxygens (including phenoxy) is 1. The maximum atomic E-state index is 13.4. The van der Waals surface area contributed by atoms with E-state index in [-0.39, 0.29) is 18.3 Å². The molecule has 0 unspecified atom stereocenters. The monoisotopic (exact) mass is 593 g/mol. The average molecular weight is 594 g/mol. The highest BCUT2D eigenvalue weighted by atomic mass is 32.2. The van der Waals surface area contributed by atoms with Gasteiger partial charge < -0.3 is 15.2 Å². The molecule has 2 atom stereocenters. The molecular formula is C34H43NO6S. The Morgan fingerprint density at radius 2 is 1.64 bits per heavy atom. The third-order valence-electron chi connectivity index (χ3n) is 7.36. The molecule has 3 aromatic carbocycles. The molecule has 0 aliphatic carbocycles. The standard InChI is InChI=1S/C34H43NO6S/c1-6-7-15-32(27-13-10-12-26(21-27)23(2)3)41-22-25-16-17-29(30(20-25)28-14-9-8-11-24(28)4)33(36)35-31(34(37)38)18-19-42(5,39)40/h8-14,16-17,20-21,23,31-32H,6-7,15,18-19,22H2,1-5H3,(H,35,36)(H,37,38)/t31-,32-/m0/s1. The molecule has 0 aromatic heterocycles. The molecule has 0 saturated carbocycles. The van der Waals surface area contributed by atoms with E-state index in [2.05, 4.69) is 50.4 Å². The van der Waals surface area contributed by atoms with Gasteiger partial charge in [0.25, 0.3) is 5.91 Å². The van der Waals surface area contributed by atoms with Crippen molar-refractivity contribution in [3.63, 3.8) is 0 Å². The fourth-order valence-electron chi connectivity index (χ4n) is 4.85. The van der Waals surface area contributed by atoms with Crippen LogP contribution in [0.4, 0.5) is 0 Å². The molecule has 0 heterocycles. The molecule has 0 spiro atoms. The highest BCUT2D eigenvalue weighted by molar-refractivity contribution is 7.90. The summed E-state index contributed by atoms with van der Waals surface area (Å²) in [6, 6.07) is 20.3. The van der Waals surface area contributed by atoms with Crippen LogP contribution in [0.3, 0.4) is 0 Å². The second-order valence-electron chi connectivity index (χ2n) is 11.2. The van der Waals surface area contributed by atoms with Gasteiger partial charge in [0.1, 0.15) is 15.9 Å². The summed E-state index contributed by atoms with van der Waals surface area (Å²) in [5, 5.41) is 12.2. The van der Waals surface area contributed by atoms with E-state index in [4.69, 9.17) is 4.74 Å². The summed E-state index contributed by atoms with van der Waals surface area (Å²) in [4.78, 5) is 25.2. The van der Waals surface area contributed by atoms with Crippen molar-refractivity contribution in [2.45, 2.75) is 78.0 Å². The van der Waals surface area contributed by atoms with Crippen molar-refractivity contribution in [1.82, 2.24) is 5.32 Å². The summed E-state index contributed by atoms with van der Waals surface area (Å²) in [7, 11) is -3.39. The van der Waals surface area contributed by atoms with E-state index in [1.807, 2.05) is 43.3 Å². The van der Waals surface area contributed by atoms with Crippen molar-refractivity contribution in [2.75, 3.05) is 12.0 Å². The number of carbonyl (C=O) groups is 2. The molecular weight excluding hydrogens is 550 g/mol. The van der Waals surface area contributed by atoms with Crippen LogP contribution in [0.1, 0.15) is 91.1 Å². The van der Waals surface area contributed by atoms with Crippen molar-refractivity contribution >= 4 is 21.7 Å². The number of hydrogen-bond donors (Lipinski definition) is 2. The van der Waals surface area contributed by atoms with E-state index < -0.39 is 27.8 Å². The zero-order valence-electron chi connectivity index (χ0n) is 25.2. The number of sulfone groups is 1. The molecule has 0 radical (unpaired) electrons. The predicted octanol–water partition coefficient (Wildman–Crippen LogP) is 6.85. The van der Waals surface area contributed by atoms with Crippen LogP contribution in [0.15, 0.2) is 66.7 Å². The van der Waals surface area contributed by atoms with Crippen molar-refractivity contribution < 1.29 is 27.9 Å². The first-order valence-corrected chi connectivity index (χ1v) is 16.6. The smallest absolute Gasteiger partial charge is 0.326 e.